The summed E-state index contributed by atoms with van der Waals surface area (Å²) in [6.45, 7) is 5.09. The van der Waals surface area contributed by atoms with E-state index in [-0.39, 0.29) is 24.3 Å². The average molecular weight is 396 g/mol. The number of nitrogens with one attached hydrogen (secondary N) is 1. The number of para-hydroxylation sites is 2. The largest absolute Gasteiger partial charge is 0.493 e. The van der Waals surface area contributed by atoms with Crippen molar-refractivity contribution in [1.29, 1.82) is 0 Å². The first-order valence-electron chi connectivity index (χ1n) is 9.89. The SMILES string of the molecule is COc1ccccc1OCC(=O)N1CCC(C(=O)Nc2ccc(C)cc2C)CC1. The second kappa shape index (κ2) is 9.45. The fraction of sp³-hybridized carbons (Fsp3) is 0.391. The summed E-state index contributed by atoms with van der Waals surface area (Å²) in [5, 5.41) is 3.03. The minimum Gasteiger partial charge on any atom is -0.493 e. The normalized spacial score (nSPS) is 14.4. The number of anilines is 1. The van der Waals surface area contributed by atoms with E-state index in [1.807, 2.05) is 38.1 Å². The maximum Gasteiger partial charge on any atom is 0.260 e. The number of aryl methyl sites for hydroxylation is 2. The van der Waals surface area contributed by atoms with Gasteiger partial charge < -0.3 is 19.7 Å². The lowest BCUT2D eigenvalue weighted by atomic mass is 9.95. The van der Waals surface area contributed by atoms with Crippen LogP contribution in [0.15, 0.2) is 42.5 Å². The van der Waals surface area contributed by atoms with Crippen LogP contribution < -0.4 is 14.8 Å². The summed E-state index contributed by atoms with van der Waals surface area (Å²) in [6.07, 6.45) is 1.30. The molecule has 0 bridgehead atoms. The first-order chi connectivity index (χ1) is 14.0. The summed E-state index contributed by atoms with van der Waals surface area (Å²) in [7, 11) is 1.57. The standard InChI is InChI=1S/C23H28N2O4/c1-16-8-9-19(17(2)14-16)24-23(27)18-10-12-25(13-11-18)22(26)15-29-21-7-5-4-6-20(21)28-3/h4-9,14,18H,10-13,15H2,1-3H3,(H,24,27). The Balaban J connectivity index is 1.48. The number of amides is 2. The van der Waals surface area contributed by atoms with Crippen LogP contribution in [0.2, 0.25) is 0 Å². The number of piperidine rings is 1. The molecule has 6 nitrogen and oxygen atoms in total. The third-order valence-electron chi connectivity index (χ3n) is 5.28. The maximum absolute atomic E-state index is 12.6. The van der Waals surface area contributed by atoms with Crippen LogP contribution in [0, 0.1) is 19.8 Å². The number of carbonyl (C=O) groups is 2. The van der Waals surface area contributed by atoms with E-state index >= 15 is 0 Å². The molecule has 1 fully saturated rings. The zero-order chi connectivity index (χ0) is 20.8. The monoisotopic (exact) mass is 396 g/mol. The maximum atomic E-state index is 12.6. The minimum absolute atomic E-state index is 0.0225. The number of hydrogen-bond donors (Lipinski definition) is 1. The van der Waals surface area contributed by atoms with Gasteiger partial charge in [0.2, 0.25) is 5.91 Å². The van der Waals surface area contributed by atoms with Crippen molar-refractivity contribution in [1.82, 2.24) is 4.90 Å². The van der Waals surface area contributed by atoms with Crippen molar-refractivity contribution in [3.63, 3.8) is 0 Å². The Hall–Kier alpha value is -3.02. The van der Waals surface area contributed by atoms with Crippen LogP contribution in [0.25, 0.3) is 0 Å². The Morgan fingerprint density at radius 2 is 1.76 bits per heavy atom. The van der Waals surface area contributed by atoms with Crippen LogP contribution in [0.5, 0.6) is 11.5 Å². The van der Waals surface area contributed by atoms with E-state index in [1.165, 1.54) is 5.56 Å². The molecule has 1 heterocycles. The fourth-order valence-corrected chi connectivity index (χ4v) is 3.55. The molecule has 0 atom stereocenters. The third-order valence-corrected chi connectivity index (χ3v) is 5.28. The molecule has 154 valence electrons. The van der Waals surface area contributed by atoms with E-state index in [1.54, 1.807) is 24.1 Å². The van der Waals surface area contributed by atoms with Gasteiger partial charge in [0.25, 0.3) is 5.91 Å². The molecule has 0 unspecified atom stereocenters. The lowest BCUT2D eigenvalue weighted by Gasteiger charge is -2.31. The molecule has 6 heteroatoms. The van der Waals surface area contributed by atoms with Gasteiger partial charge in [-0.2, -0.15) is 0 Å². The van der Waals surface area contributed by atoms with Crippen molar-refractivity contribution in [3.8, 4) is 11.5 Å². The molecule has 0 aromatic heterocycles. The Morgan fingerprint density at radius 3 is 2.41 bits per heavy atom. The predicted molar refractivity (Wildman–Crippen MR) is 112 cm³/mol. The van der Waals surface area contributed by atoms with Crippen molar-refractivity contribution in [2.75, 3.05) is 32.1 Å². The minimum atomic E-state index is -0.0881. The summed E-state index contributed by atoms with van der Waals surface area (Å²) in [5.41, 5.74) is 3.08. The van der Waals surface area contributed by atoms with E-state index in [0.717, 1.165) is 11.3 Å². The highest BCUT2D eigenvalue weighted by Crippen LogP contribution is 2.26. The number of carbonyl (C=O) groups excluding carboxylic acids is 2. The number of ether oxygens (including phenoxy) is 2. The highest BCUT2D eigenvalue weighted by Gasteiger charge is 2.27. The quantitative estimate of drug-likeness (QED) is 0.811. The van der Waals surface area contributed by atoms with Gasteiger partial charge >= 0.3 is 0 Å². The first kappa shape index (κ1) is 20.7. The molecule has 0 saturated carbocycles. The van der Waals surface area contributed by atoms with Crippen LogP contribution in [-0.4, -0.2) is 43.5 Å². The first-order valence-corrected chi connectivity index (χ1v) is 9.89. The van der Waals surface area contributed by atoms with Gasteiger partial charge in [0.05, 0.1) is 7.11 Å². The number of methoxy groups -OCH3 is 1. The Morgan fingerprint density at radius 1 is 1.07 bits per heavy atom. The second-order valence-corrected chi connectivity index (χ2v) is 7.40. The fourth-order valence-electron chi connectivity index (χ4n) is 3.55. The van der Waals surface area contributed by atoms with Gasteiger partial charge in [-0.3, -0.25) is 9.59 Å². The summed E-state index contributed by atoms with van der Waals surface area (Å²) in [5.74, 6) is 1.00. The van der Waals surface area contributed by atoms with Gasteiger partial charge in [-0.05, 0) is 50.5 Å². The molecule has 1 saturated heterocycles. The highest BCUT2D eigenvalue weighted by atomic mass is 16.5. The van der Waals surface area contributed by atoms with Crippen LogP contribution >= 0.6 is 0 Å². The number of nitrogens with zero attached hydrogens (tertiary/aromatic N) is 1. The summed E-state index contributed by atoms with van der Waals surface area (Å²) >= 11 is 0. The highest BCUT2D eigenvalue weighted by molar-refractivity contribution is 5.93. The molecule has 2 aromatic carbocycles. The molecule has 1 aliphatic rings. The van der Waals surface area contributed by atoms with Crippen molar-refractivity contribution in [2.24, 2.45) is 5.92 Å². The van der Waals surface area contributed by atoms with E-state index in [9.17, 15) is 9.59 Å². The van der Waals surface area contributed by atoms with E-state index in [0.29, 0.717) is 37.4 Å². The zero-order valence-corrected chi connectivity index (χ0v) is 17.2. The van der Waals surface area contributed by atoms with E-state index in [2.05, 4.69) is 11.4 Å². The second-order valence-electron chi connectivity index (χ2n) is 7.40. The number of likely N-dealkylation sites (tertiary alicyclic amines) is 1. The van der Waals surface area contributed by atoms with Crippen LogP contribution in [-0.2, 0) is 9.59 Å². The van der Waals surface area contributed by atoms with E-state index in [4.69, 9.17) is 9.47 Å². The molecular weight excluding hydrogens is 368 g/mol. The lowest BCUT2D eigenvalue weighted by molar-refractivity contribution is -0.136. The molecule has 0 aliphatic carbocycles. The van der Waals surface area contributed by atoms with Crippen LogP contribution in [0.1, 0.15) is 24.0 Å². The van der Waals surface area contributed by atoms with Crippen LogP contribution in [0.3, 0.4) is 0 Å². The summed E-state index contributed by atoms with van der Waals surface area (Å²) in [6, 6.07) is 13.2. The molecule has 0 spiro atoms. The molecule has 1 N–H and O–H groups in total. The summed E-state index contributed by atoms with van der Waals surface area (Å²) in [4.78, 5) is 26.8. The molecule has 29 heavy (non-hydrogen) atoms. The summed E-state index contributed by atoms with van der Waals surface area (Å²) < 4.78 is 10.9. The smallest absolute Gasteiger partial charge is 0.260 e. The van der Waals surface area contributed by atoms with Crippen molar-refractivity contribution in [2.45, 2.75) is 26.7 Å². The van der Waals surface area contributed by atoms with Gasteiger partial charge in [-0.25, -0.2) is 0 Å². The molecular formula is C23H28N2O4. The zero-order valence-electron chi connectivity index (χ0n) is 17.2. The topological polar surface area (TPSA) is 67.9 Å². The lowest BCUT2D eigenvalue weighted by Crippen LogP contribution is -2.43. The third kappa shape index (κ3) is 5.28. The van der Waals surface area contributed by atoms with Crippen molar-refractivity contribution < 1.29 is 19.1 Å². The van der Waals surface area contributed by atoms with Crippen LogP contribution in [0.4, 0.5) is 5.69 Å². The number of benzene rings is 2. The molecule has 1 aliphatic heterocycles. The number of hydrogen-bond acceptors (Lipinski definition) is 4. The van der Waals surface area contributed by atoms with Crippen molar-refractivity contribution >= 4 is 17.5 Å². The average Bonchev–Trinajstić information content (AvgIpc) is 2.74. The van der Waals surface area contributed by atoms with E-state index < -0.39 is 0 Å². The number of rotatable bonds is 6. The van der Waals surface area contributed by atoms with Gasteiger partial charge in [-0.15, -0.1) is 0 Å². The molecule has 0 radical (unpaired) electrons. The Labute approximate surface area is 171 Å². The van der Waals surface area contributed by atoms with Crippen molar-refractivity contribution in [3.05, 3.63) is 53.6 Å². The van der Waals surface area contributed by atoms with Gasteiger partial charge in [0.15, 0.2) is 18.1 Å². The van der Waals surface area contributed by atoms with Gasteiger partial charge in [0, 0.05) is 24.7 Å². The van der Waals surface area contributed by atoms with Gasteiger partial charge in [-0.1, -0.05) is 29.8 Å². The Kier molecular flexibility index (Phi) is 6.75. The Bertz CT molecular complexity index is 873. The predicted octanol–water partition coefficient (Wildman–Crippen LogP) is 3.57. The van der Waals surface area contributed by atoms with Gasteiger partial charge in [0.1, 0.15) is 0 Å². The molecule has 2 aromatic rings. The molecule has 3 rings (SSSR count). The molecule has 2 amide bonds.